The van der Waals surface area contributed by atoms with Gasteiger partial charge in [-0.2, -0.15) is 0 Å². The Morgan fingerprint density at radius 3 is 2.95 bits per heavy atom. The molecule has 0 amide bonds. The second kappa shape index (κ2) is 6.02. The maximum atomic E-state index is 5.49. The monoisotopic (exact) mass is 276 g/mol. The van der Waals surface area contributed by atoms with Gasteiger partial charge >= 0.3 is 0 Å². The largest absolute Gasteiger partial charge is 0.454 e. The van der Waals surface area contributed by atoms with Gasteiger partial charge in [0.25, 0.3) is 0 Å². The summed E-state index contributed by atoms with van der Waals surface area (Å²) in [5.74, 6) is 2.56. The van der Waals surface area contributed by atoms with Crippen molar-refractivity contribution < 1.29 is 9.47 Å². The summed E-state index contributed by atoms with van der Waals surface area (Å²) < 4.78 is 10.9. The van der Waals surface area contributed by atoms with E-state index >= 15 is 0 Å². The predicted molar refractivity (Wildman–Crippen MR) is 79.2 cm³/mol. The molecule has 1 fully saturated rings. The molecular formula is C16H24N2O2. The molecule has 110 valence electrons. The quantitative estimate of drug-likeness (QED) is 0.895. The van der Waals surface area contributed by atoms with E-state index in [1.165, 1.54) is 25.1 Å². The van der Waals surface area contributed by atoms with Gasteiger partial charge in [0.2, 0.25) is 6.79 Å². The molecule has 3 rings (SSSR count). The highest BCUT2D eigenvalue weighted by molar-refractivity contribution is 5.45. The lowest BCUT2D eigenvalue weighted by Crippen LogP contribution is -2.34. The van der Waals surface area contributed by atoms with E-state index in [4.69, 9.17) is 9.47 Å². The standard InChI is InChI=1S/C16H24N2O2/c1-3-17-14(10-18-7-6-12(2)9-18)13-4-5-15-16(8-13)20-11-19-15/h4-5,8,12,14,17H,3,6-7,9-11H2,1-2H3. The van der Waals surface area contributed by atoms with E-state index in [0.29, 0.717) is 12.8 Å². The number of likely N-dealkylation sites (N-methyl/N-ethyl adjacent to an activating group) is 1. The number of hydrogen-bond donors (Lipinski definition) is 1. The van der Waals surface area contributed by atoms with Crippen molar-refractivity contribution in [3.8, 4) is 11.5 Å². The highest BCUT2D eigenvalue weighted by Crippen LogP contribution is 2.34. The van der Waals surface area contributed by atoms with Crippen molar-refractivity contribution in [1.82, 2.24) is 10.2 Å². The van der Waals surface area contributed by atoms with Crippen molar-refractivity contribution in [1.29, 1.82) is 0 Å². The Balaban J connectivity index is 1.72. The van der Waals surface area contributed by atoms with Gasteiger partial charge < -0.3 is 19.7 Å². The zero-order chi connectivity index (χ0) is 13.9. The molecule has 2 aliphatic heterocycles. The number of nitrogens with zero attached hydrogens (tertiary/aromatic N) is 1. The number of fused-ring (bicyclic) bond motifs is 1. The first-order valence-corrected chi connectivity index (χ1v) is 7.61. The minimum Gasteiger partial charge on any atom is -0.454 e. The topological polar surface area (TPSA) is 33.7 Å². The second-order valence-corrected chi connectivity index (χ2v) is 5.88. The Labute approximate surface area is 121 Å². The van der Waals surface area contributed by atoms with Gasteiger partial charge in [0.15, 0.2) is 11.5 Å². The molecule has 1 saturated heterocycles. The van der Waals surface area contributed by atoms with Crippen LogP contribution >= 0.6 is 0 Å². The molecule has 1 N–H and O–H groups in total. The van der Waals surface area contributed by atoms with E-state index in [1.807, 2.05) is 6.07 Å². The van der Waals surface area contributed by atoms with Crippen LogP contribution in [0.3, 0.4) is 0 Å². The zero-order valence-corrected chi connectivity index (χ0v) is 12.4. The minimum absolute atomic E-state index is 0.342. The van der Waals surface area contributed by atoms with Crippen LogP contribution < -0.4 is 14.8 Å². The summed E-state index contributed by atoms with van der Waals surface area (Å²) in [4.78, 5) is 2.56. The normalized spacial score (nSPS) is 23.2. The van der Waals surface area contributed by atoms with Crippen LogP contribution in [0.5, 0.6) is 11.5 Å². The third-order valence-electron chi connectivity index (χ3n) is 4.20. The maximum Gasteiger partial charge on any atom is 0.231 e. The third-order valence-corrected chi connectivity index (χ3v) is 4.20. The smallest absolute Gasteiger partial charge is 0.231 e. The van der Waals surface area contributed by atoms with Crippen molar-refractivity contribution in [2.75, 3.05) is 33.0 Å². The maximum absolute atomic E-state index is 5.49. The van der Waals surface area contributed by atoms with Gasteiger partial charge in [-0.1, -0.05) is 19.9 Å². The summed E-state index contributed by atoms with van der Waals surface area (Å²) in [7, 11) is 0. The fourth-order valence-corrected chi connectivity index (χ4v) is 3.11. The number of likely N-dealkylation sites (tertiary alicyclic amines) is 1. The lowest BCUT2D eigenvalue weighted by atomic mass is 10.1. The summed E-state index contributed by atoms with van der Waals surface area (Å²) in [6, 6.07) is 6.66. The van der Waals surface area contributed by atoms with Crippen LogP contribution in [0.1, 0.15) is 31.9 Å². The van der Waals surface area contributed by atoms with Gasteiger partial charge in [0, 0.05) is 19.1 Å². The van der Waals surface area contributed by atoms with Crippen molar-refractivity contribution in [2.24, 2.45) is 5.92 Å². The third kappa shape index (κ3) is 2.91. The van der Waals surface area contributed by atoms with Crippen LogP contribution in [-0.2, 0) is 0 Å². The molecule has 1 aromatic rings. The lowest BCUT2D eigenvalue weighted by Gasteiger charge is -2.25. The Morgan fingerprint density at radius 1 is 1.35 bits per heavy atom. The van der Waals surface area contributed by atoms with Gasteiger partial charge in [-0.15, -0.1) is 0 Å². The average molecular weight is 276 g/mol. The molecule has 0 radical (unpaired) electrons. The molecule has 4 heteroatoms. The van der Waals surface area contributed by atoms with Gasteiger partial charge in [-0.3, -0.25) is 0 Å². The number of nitrogens with one attached hydrogen (secondary N) is 1. The van der Waals surface area contributed by atoms with Crippen LogP contribution in [0.25, 0.3) is 0 Å². The number of ether oxygens (including phenoxy) is 2. The molecule has 0 spiro atoms. The fraction of sp³-hybridized carbons (Fsp3) is 0.625. The zero-order valence-electron chi connectivity index (χ0n) is 12.4. The SMILES string of the molecule is CCNC(CN1CCC(C)C1)c1ccc2c(c1)OCO2. The molecule has 0 aromatic heterocycles. The molecule has 0 bridgehead atoms. The van der Waals surface area contributed by atoms with E-state index in [2.05, 4.69) is 36.2 Å². The van der Waals surface area contributed by atoms with Crippen molar-refractivity contribution >= 4 is 0 Å². The molecule has 2 aliphatic rings. The molecule has 2 heterocycles. The van der Waals surface area contributed by atoms with Gasteiger partial charge in [-0.05, 0) is 43.1 Å². The number of rotatable bonds is 5. The Hall–Kier alpha value is -1.26. The Kier molecular flexibility index (Phi) is 4.13. The highest BCUT2D eigenvalue weighted by atomic mass is 16.7. The summed E-state index contributed by atoms with van der Waals surface area (Å²) in [6.45, 7) is 9.31. The van der Waals surface area contributed by atoms with Crippen molar-refractivity contribution in [3.63, 3.8) is 0 Å². The first-order chi connectivity index (χ1) is 9.76. The second-order valence-electron chi connectivity index (χ2n) is 5.88. The number of benzene rings is 1. The first kappa shape index (κ1) is 13.7. The molecule has 0 aliphatic carbocycles. The van der Waals surface area contributed by atoms with E-state index in [9.17, 15) is 0 Å². The Morgan fingerprint density at radius 2 is 2.20 bits per heavy atom. The lowest BCUT2D eigenvalue weighted by molar-refractivity contribution is 0.174. The van der Waals surface area contributed by atoms with Gasteiger partial charge in [-0.25, -0.2) is 0 Å². The van der Waals surface area contributed by atoms with Gasteiger partial charge in [0.05, 0.1) is 0 Å². The van der Waals surface area contributed by atoms with Crippen LogP contribution in [0.4, 0.5) is 0 Å². The van der Waals surface area contributed by atoms with Crippen LogP contribution in [0.15, 0.2) is 18.2 Å². The van der Waals surface area contributed by atoms with Crippen molar-refractivity contribution in [3.05, 3.63) is 23.8 Å². The molecule has 1 aromatic carbocycles. The molecule has 2 unspecified atom stereocenters. The molecule has 4 nitrogen and oxygen atoms in total. The van der Waals surface area contributed by atoms with Crippen LogP contribution in [-0.4, -0.2) is 37.9 Å². The summed E-state index contributed by atoms with van der Waals surface area (Å²) in [5.41, 5.74) is 1.29. The van der Waals surface area contributed by atoms with Crippen molar-refractivity contribution in [2.45, 2.75) is 26.3 Å². The van der Waals surface area contributed by atoms with E-state index in [0.717, 1.165) is 30.5 Å². The van der Waals surface area contributed by atoms with E-state index < -0.39 is 0 Å². The van der Waals surface area contributed by atoms with E-state index in [-0.39, 0.29) is 0 Å². The van der Waals surface area contributed by atoms with Crippen LogP contribution in [0.2, 0.25) is 0 Å². The minimum atomic E-state index is 0.342. The molecular weight excluding hydrogens is 252 g/mol. The summed E-state index contributed by atoms with van der Waals surface area (Å²) in [5, 5.41) is 3.59. The molecule has 2 atom stereocenters. The van der Waals surface area contributed by atoms with E-state index in [1.54, 1.807) is 0 Å². The molecule has 0 saturated carbocycles. The highest BCUT2D eigenvalue weighted by Gasteiger charge is 2.23. The predicted octanol–water partition coefficient (Wildman–Crippen LogP) is 2.41. The Bertz CT molecular complexity index is 464. The van der Waals surface area contributed by atoms with Crippen LogP contribution in [0, 0.1) is 5.92 Å². The summed E-state index contributed by atoms with van der Waals surface area (Å²) >= 11 is 0. The molecule has 20 heavy (non-hydrogen) atoms. The van der Waals surface area contributed by atoms with Gasteiger partial charge in [0.1, 0.15) is 0 Å². The average Bonchev–Trinajstić information content (AvgIpc) is 3.06. The first-order valence-electron chi connectivity index (χ1n) is 7.61. The fourth-order valence-electron chi connectivity index (χ4n) is 3.11. The summed E-state index contributed by atoms with van der Waals surface area (Å²) in [6.07, 6.45) is 1.32. The number of hydrogen-bond acceptors (Lipinski definition) is 4.